The van der Waals surface area contributed by atoms with Crippen molar-refractivity contribution in [3.05, 3.63) is 18.3 Å². The van der Waals surface area contributed by atoms with E-state index < -0.39 is 6.04 Å². The number of carbonyl (C=O) groups is 2. The zero-order chi connectivity index (χ0) is 14.4. The third-order valence-corrected chi connectivity index (χ3v) is 2.53. The van der Waals surface area contributed by atoms with E-state index in [9.17, 15) is 9.59 Å². The second-order valence-electron chi connectivity index (χ2n) is 4.47. The van der Waals surface area contributed by atoms with E-state index in [4.69, 9.17) is 4.74 Å². The van der Waals surface area contributed by atoms with E-state index in [1.807, 2.05) is 13.8 Å². The average Bonchev–Trinajstić information content (AvgIpc) is 2.36. The molecule has 0 aromatic carbocycles. The molecular formula is C13H19N3O3. The molecule has 0 aliphatic heterocycles. The molecule has 2 amide bonds. The number of anilines is 1. The number of amides is 2. The van der Waals surface area contributed by atoms with E-state index in [-0.39, 0.29) is 17.7 Å². The number of pyridine rings is 1. The van der Waals surface area contributed by atoms with Crippen LogP contribution in [0.4, 0.5) is 5.69 Å². The molecule has 0 bridgehead atoms. The van der Waals surface area contributed by atoms with Crippen molar-refractivity contribution in [1.82, 2.24) is 10.3 Å². The number of methoxy groups -OCH3 is 1. The van der Waals surface area contributed by atoms with Gasteiger partial charge in [-0.25, -0.2) is 4.98 Å². The summed E-state index contributed by atoms with van der Waals surface area (Å²) in [4.78, 5) is 27.3. The Hall–Kier alpha value is -2.11. The van der Waals surface area contributed by atoms with Crippen molar-refractivity contribution in [3.63, 3.8) is 0 Å². The molecule has 1 atom stereocenters. The molecule has 1 aromatic rings. The minimum Gasteiger partial charge on any atom is -0.480 e. The Balaban J connectivity index is 2.84. The van der Waals surface area contributed by atoms with Crippen LogP contribution in [0.15, 0.2) is 18.3 Å². The number of carbonyl (C=O) groups excluding carboxylic acids is 2. The van der Waals surface area contributed by atoms with Crippen molar-refractivity contribution in [2.24, 2.45) is 5.92 Å². The lowest BCUT2D eigenvalue weighted by Gasteiger charge is -2.21. The molecule has 6 nitrogen and oxygen atoms in total. The summed E-state index contributed by atoms with van der Waals surface area (Å²) >= 11 is 0. The van der Waals surface area contributed by atoms with Gasteiger partial charge < -0.3 is 15.4 Å². The number of ether oxygens (including phenoxy) is 1. The minimum atomic E-state index is -0.595. The predicted octanol–water partition coefficient (Wildman–Crippen LogP) is 1.19. The Bertz CT molecular complexity index is 460. The summed E-state index contributed by atoms with van der Waals surface area (Å²) in [5.41, 5.74) is 0.478. The van der Waals surface area contributed by atoms with Gasteiger partial charge in [0.05, 0.1) is 7.11 Å². The van der Waals surface area contributed by atoms with E-state index >= 15 is 0 Å². The number of nitrogens with one attached hydrogen (secondary N) is 2. The molecule has 0 saturated carbocycles. The van der Waals surface area contributed by atoms with Crippen LogP contribution in [0.25, 0.3) is 0 Å². The Morgan fingerprint density at radius 2 is 2.05 bits per heavy atom. The lowest BCUT2D eigenvalue weighted by atomic mass is 10.0. The molecule has 1 rings (SSSR count). The molecule has 19 heavy (non-hydrogen) atoms. The summed E-state index contributed by atoms with van der Waals surface area (Å²) in [6.45, 7) is 5.11. The molecular weight excluding hydrogens is 246 g/mol. The van der Waals surface area contributed by atoms with Crippen molar-refractivity contribution in [3.8, 4) is 5.88 Å². The van der Waals surface area contributed by atoms with Crippen LogP contribution >= 0.6 is 0 Å². The van der Waals surface area contributed by atoms with Gasteiger partial charge in [0.1, 0.15) is 11.7 Å². The zero-order valence-corrected chi connectivity index (χ0v) is 11.6. The molecule has 0 saturated heterocycles. The SMILES string of the molecule is COc1ncccc1NC(=O)C(NC(C)=O)C(C)C. The number of nitrogens with zero attached hydrogens (tertiary/aromatic N) is 1. The molecule has 1 unspecified atom stereocenters. The first-order valence-electron chi connectivity index (χ1n) is 6.02. The number of aromatic nitrogens is 1. The van der Waals surface area contributed by atoms with E-state index in [2.05, 4.69) is 15.6 Å². The van der Waals surface area contributed by atoms with E-state index in [0.29, 0.717) is 11.6 Å². The van der Waals surface area contributed by atoms with Crippen LogP contribution < -0.4 is 15.4 Å². The van der Waals surface area contributed by atoms with Gasteiger partial charge in [-0.15, -0.1) is 0 Å². The fourth-order valence-corrected chi connectivity index (χ4v) is 1.61. The van der Waals surface area contributed by atoms with Gasteiger partial charge in [0.2, 0.25) is 17.7 Å². The largest absolute Gasteiger partial charge is 0.480 e. The third kappa shape index (κ3) is 4.24. The quantitative estimate of drug-likeness (QED) is 0.838. The van der Waals surface area contributed by atoms with Gasteiger partial charge in [-0.05, 0) is 18.1 Å². The van der Waals surface area contributed by atoms with Crippen molar-refractivity contribution in [2.75, 3.05) is 12.4 Å². The highest BCUT2D eigenvalue weighted by molar-refractivity contribution is 5.97. The maximum Gasteiger partial charge on any atom is 0.247 e. The highest BCUT2D eigenvalue weighted by Gasteiger charge is 2.23. The lowest BCUT2D eigenvalue weighted by molar-refractivity contribution is -0.126. The number of hydrogen-bond donors (Lipinski definition) is 2. The Labute approximate surface area is 112 Å². The van der Waals surface area contributed by atoms with E-state index in [1.165, 1.54) is 14.0 Å². The molecule has 0 radical (unpaired) electrons. The fraction of sp³-hybridized carbons (Fsp3) is 0.462. The first-order valence-corrected chi connectivity index (χ1v) is 6.02. The summed E-state index contributed by atoms with van der Waals surface area (Å²) < 4.78 is 5.05. The molecule has 1 heterocycles. The lowest BCUT2D eigenvalue weighted by Crippen LogP contribution is -2.46. The molecule has 2 N–H and O–H groups in total. The van der Waals surface area contributed by atoms with Crippen LogP contribution in [0.2, 0.25) is 0 Å². The van der Waals surface area contributed by atoms with Crippen LogP contribution in [0, 0.1) is 5.92 Å². The van der Waals surface area contributed by atoms with Gasteiger partial charge in [0.15, 0.2) is 0 Å². The van der Waals surface area contributed by atoms with Gasteiger partial charge >= 0.3 is 0 Å². The molecule has 0 aliphatic rings. The molecule has 1 aromatic heterocycles. The summed E-state index contributed by atoms with van der Waals surface area (Å²) in [6.07, 6.45) is 1.57. The standard InChI is InChI=1S/C13H19N3O3/c1-8(2)11(15-9(3)17)12(18)16-10-6-5-7-14-13(10)19-4/h5-8,11H,1-4H3,(H,15,17)(H,16,18). The molecule has 0 aliphatic carbocycles. The van der Waals surface area contributed by atoms with Crippen molar-refractivity contribution >= 4 is 17.5 Å². The summed E-state index contributed by atoms with van der Waals surface area (Å²) in [5, 5.41) is 5.33. The number of rotatable bonds is 5. The van der Waals surface area contributed by atoms with Crippen molar-refractivity contribution in [1.29, 1.82) is 0 Å². The highest BCUT2D eigenvalue weighted by atomic mass is 16.5. The zero-order valence-electron chi connectivity index (χ0n) is 11.6. The van der Waals surface area contributed by atoms with E-state index in [0.717, 1.165) is 0 Å². The topological polar surface area (TPSA) is 80.3 Å². The van der Waals surface area contributed by atoms with E-state index in [1.54, 1.807) is 18.3 Å². The fourth-order valence-electron chi connectivity index (χ4n) is 1.61. The van der Waals surface area contributed by atoms with Crippen LogP contribution in [-0.4, -0.2) is 29.9 Å². The van der Waals surface area contributed by atoms with Crippen LogP contribution in [-0.2, 0) is 9.59 Å². The molecule has 104 valence electrons. The van der Waals surface area contributed by atoms with Gasteiger partial charge in [-0.2, -0.15) is 0 Å². The first-order chi connectivity index (χ1) is 8.95. The van der Waals surface area contributed by atoms with Gasteiger partial charge in [0.25, 0.3) is 0 Å². The summed E-state index contributed by atoms with van der Waals surface area (Å²) in [5.74, 6) is -0.226. The van der Waals surface area contributed by atoms with Crippen LogP contribution in [0.1, 0.15) is 20.8 Å². The minimum absolute atomic E-state index is 0.0217. The van der Waals surface area contributed by atoms with Gasteiger partial charge in [0, 0.05) is 13.1 Å². The highest BCUT2D eigenvalue weighted by Crippen LogP contribution is 2.20. The molecule has 6 heteroatoms. The number of hydrogen-bond acceptors (Lipinski definition) is 4. The second kappa shape index (κ2) is 6.72. The summed E-state index contributed by atoms with van der Waals surface area (Å²) in [7, 11) is 1.48. The molecule has 0 spiro atoms. The molecule has 0 fully saturated rings. The normalized spacial score (nSPS) is 11.8. The monoisotopic (exact) mass is 265 g/mol. The first kappa shape index (κ1) is 14.9. The van der Waals surface area contributed by atoms with Crippen LogP contribution in [0.5, 0.6) is 5.88 Å². The van der Waals surface area contributed by atoms with Gasteiger partial charge in [-0.1, -0.05) is 13.8 Å². The second-order valence-corrected chi connectivity index (χ2v) is 4.47. The average molecular weight is 265 g/mol. The predicted molar refractivity (Wildman–Crippen MR) is 71.9 cm³/mol. The third-order valence-electron chi connectivity index (χ3n) is 2.53. The Kier molecular flexibility index (Phi) is 5.29. The van der Waals surface area contributed by atoms with Crippen LogP contribution in [0.3, 0.4) is 0 Å². The maximum atomic E-state index is 12.1. The Morgan fingerprint density at radius 1 is 1.37 bits per heavy atom. The summed E-state index contributed by atoms with van der Waals surface area (Å²) in [6, 6.07) is 2.79. The van der Waals surface area contributed by atoms with Crippen molar-refractivity contribution < 1.29 is 14.3 Å². The smallest absolute Gasteiger partial charge is 0.247 e. The Morgan fingerprint density at radius 3 is 2.58 bits per heavy atom. The maximum absolute atomic E-state index is 12.1. The van der Waals surface area contributed by atoms with Crippen molar-refractivity contribution in [2.45, 2.75) is 26.8 Å². The van der Waals surface area contributed by atoms with Gasteiger partial charge in [-0.3, -0.25) is 9.59 Å².